The fraction of sp³-hybridized carbons (Fsp3) is 0.410. The molecule has 2 aromatic carbocycles. The zero-order chi connectivity index (χ0) is 41.7. The van der Waals surface area contributed by atoms with Crippen LogP contribution in [0, 0.1) is 34.7 Å². The molecule has 0 bridgehead atoms. The van der Waals surface area contributed by atoms with E-state index in [0.717, 1.165) is 18.2 Å². The molecule has 2 aliphatic heterocycles. The van der Waals surface area contributed by atoms with Crippen molar-refractivity contribution in [1.82, 2.24) is 19.7 Å². The Morgan fingerprint density at radius 2 is 1.81 bits per heavy atom. The van der Waals surface area contributed by atoms with Crippen molar-refractivity contribution < 1.29 is 61.1 Å². The van der Waals surface area contributed by atoms with Crippen LogP contribution in [0.2, 0.25) is 0 Å². The maximum Gasteiger partial charge on any atom is 0.512 e. The summed E-state index contributed by atoms with van der Waals surface area (Å²) in [7, 11) is 0. The van der Waals surface area contributed by atoms with Gasteiger partial charge in [0.25, 0.3) is 0 Å². The van der Waals surface area contributed by atoms with Gasteiger partial charge in [-0.3, -0.25) is 14.4 Å². The van der Waals surface area contributed by atoms with E-state index in [0.29, 0.717) is 18.9 Å². The molecule has 15 nitrogen and oxygen atoms in total. The molecule has 2 aliphatic rings. The smallest absolute Gasteiger partial charge is 0.481 e. The fourth-order valence-corrected chi connectivity index (χ4v) is 7.62. The van der Waals surface area contributed by atoms with Gasteiger partial charge in [-0.15, -0.1) is 11.8 Å². The number of nitriles is 1. The lowest BCUT2D eigenvalue weighted by molar-refractivity contribution is -0.157. The lowest BCUT2D eigenvalue weighted by atomic mass is 9.89. The molecule has 0 spiro atoms. The topological polar surface area (TPSA) is 192 Å². The number of halogens is 3. The Morgan fingerprint density at radius 1 is 1.05 bits per heavy atom. The number of hydrogen-bond acceptors (Lipinski definition) is 13. The second-order valence-electron chi connectivity index (χ2n) is 13.3. The summed E-state index contributed by atoms with van der Waals surface area (Å²) in [6.07, 6.45) is 6.84. The van der Waals surface area contributed by atoms with Crippen LogP contribution >= 0.6 is 11.8 Å². The summed E-state index contributed by atoms with van der Waals surface area (Å²) in [5.74, 6) is -5.09. The lowest BCUT2D eigenvalue weighted by Crippen LogP contribution is -2.47. The van der Waals surface area contributed by atoms with E-state index in [1.807, 2.05) is 6.07 Å². The quantitative estimate of drug-likeness (QED) is 0.110. The van der Waals surface area contributed by atoms with Crippen LogP contribution in [0.3, 0.4) is 0 Å². The highest BCUT2D eigenvalue weighted by atomic mass is 32.2. The maximum atomic E-state index is 15.7. The Hall–Kier alpha value is -5.71. The number of carbonyl (C=O) groups is 4. The van der Waals surface area contributed by atoms with Gasteiger partial charge in [0.05, 0.1) is 49.0 Å². The first-order valence-electron chi connectivity index (χ1n) is 18.1. The summed E-state index contributed by atoms with van der Waals surface area (Å²) in [5.41, 5.74) is -1.65. The third-order valence-electron chi connectivity index (χ3n) is 9.38. The zero-order valence-electron chi connectivity index (χ0n) is 31.2. The molecule has 19 heteroatoms. The number of amides is 1. The molecule has 308 valence electrons. The molecule has 2 atom stereocenters. The van der Waals surface area contributed by atoms with Gasteiger partial charge in [0.1, 0.15) is 30.1 Å². The predicted molar refractivity (Wildman–Crippen MR) is 199 cm³/mol. The molecule has 3 heterocycles. The van der Waals surface area contributed by atoms with Crippen LogP contribution in [0.1, 0.15) is 49.3 Å². The molecule has 0 unspecified atom stereocenters. The van der Waals surface area contributed by atoms with E-state index in [1.165, 1.54) is 52.2 Å². The minimum absolute atomic E-state index is 0.146. The van der Waals surface area contributed by atoms with Gasteiger partial charge in [-0.25, -0.2) is 27.6 Å². The number of likely N-dealkylation sites (tertiary alicyclic amines) is 1. The molecular weight excluding hydrogens is 788 g/mol. The average Bonchev–Trinajstić information content (AvgIpc) is 3.72. The van der Waals surface area contributed by atoms with Crippen molar-refractivity contribution in [3.05, 3.63) is 101 Å². The van der Waals surface area contributed by atoms with Gasteiger partial charge in [0.2, 0.25) is 12.7 Å². The van der Waals surface area contributed by atoms with Gasteiger partial charge in [-0.1, -0.05) is 24.3 Å². The predicted octanol–water partition coefficient (Wildman–Crippen LogP) is 5.35. The molecular formula is C39H40F3N5O10S. The number of piperidine rings is 1. The fourth-order valence-electron chi connectivity index (χ4n) is 6.26. The number of allylic oxidation sites excluding steroid dienone is 2. The van der Waals surface area contributed by atoms with Crippen molar-refractivity contribution in [3.63, 3.8) is 0 Å². The highest BCUT2D eigenvalue weighted by molar-refractivity contribution is 8.00. The number of esters is 1. The van der Waals surface area contributed by atoms with Crippen molar-refractivity contribution in [3.8, 4) is 6.07 Å². The van der Waals surface area contributed by atoms with Crippen LogP contribution in [0.4, 0.5) is 18.0 Å². The number of aromatic nitrogens is 3. The van der Waals surface area contributed by atoms with E-state index < -0.39 is 65.4 Å². The van der Waals surface area contributed by atoms with Gasteiger partial charge < -0.3 is 33.7 Å². The highest BCUT2D eigenvalue weighted by Crippen LogP contribution is 2.42. The van der Waals surface area contributed by atoms with Gasteiger partial charge in [-0.05, 0) is 50.1 Å². The molecule has 1 amide bonds. The number of rotatable bonds is 16. The van der Waals surface area contributed by atoms with E-state index in [-0.39, 0.29) is 73.5 Å². The SMILES string of the molecule is C[C@@H](SC1COC(/C=C/C=C/c2ccc(C#N)cc2F)OC1)[C@@](Cn1cncn1)(OC(=O)OCOC(=O)CCC(=O)N1CCC(C(=O)O)CC1)c1ccc(F)cc1F. The number of aliphatic carboxylic acids is 1. The van der Waals surface area contributed by atoms with E-state index in [2.05, 4.69) is 10.1 Å². The van der Waals surface area contributed by atoms with Crippen molar-refractivity contribution in [2.75, 3.05) is 33.1 Å². The summed E-state index contributed by atoms with van der Waals surface area (Å²) >= 11 is 1.22. The van der Waals surface area contributed by atoms with Crippen LogP contribution in [0.25, 0.3) is 6.08 Å². The third-order valence-corrected chi connectivity index (χ3v) is 10.8. The molecule has 58 heavy (non-hydrogen) atoms. The van der Waals surface area contributed by atoms with Crippen molar-refractivity contribution in [2.24, 2.45) is 5.92 Å². The summed E-state index contributed by atoms with van der Waals surface area (Å²) in [5, 5.41) is 21.0. The van der Waals surface area contributed by atoms with Crippen LogP contribution in [-0.4, -0.2) is 98.7 Å². The first kappa shape index (κ1) is 43.4. The second-order valence-corrected chi connectivity index (χ2v) is 14.9. The molecule has 2 saturated heterocycles. The van der Waals surface area contributed by atoms with Crippen LogP contribution in [0.5, 0.6) is 0 Å². The van der Waals surface area contributed by atoms with Crippen LogP contribution in [0.15, 0.2) is 67.3 Å². The molecule has 5 rings (SSSR count). The van der Waals surface area contributed by atoms with E-state index in [9.17, 15) is 28.0 Å². The minimum Gasteiger partial charge on any atom is -0.481 e. The average molecular weight is 828 g/mol. The number of carboxylic acids is 1. The van der Waals surface area contributed by atoms with Crippen LogP contribution < -0.4 is 0 Å². The number of thioether (sulfide) groups is 1. The largest absolute Gasteiger partial charge is 0.512 e. The first-order chi connectivity index (χ1) is 27.9. The molecule has 0 radical (unpaired) electrons. The number of hydrogen-bond donors (Lipinski definition) is 1. The molecule has 2 fully saturated rings. The number of carbonyl (C=O) groups excluding carboxylic acids is 3. The van der Waals surface area contributed by atoms with Gasteiger partial charge in [0.15, 0.2) is 11.9 Å². The molecule has 0 saturated carbocycles. The summed E-state index contributed by atoms with van der Waals surface area (Å²) in [6.45, 7) is 1.24. The first-order valence-corrected chi connectivity index (χ1v) is 19.0. The van der Waals surface area contributed by atoms with E-state index >= 15 is 4.39 Å². The Kier molecular flexibility index (Phi) is 15.4. The Bertz CT molecular complexity index is 2010. The van der Waals surface area contributed by atoms with Crippen LogP contribution in [-0.2, 0) is 50.2 Å². The van der Waals surface area contributed by atoms with Gasteiger partial charge >= 0.3 is 18.1 Å². The van der Waals surface area contributed by atoms with E-state index in [1.54, 1.807) is 25.2 Å². The normalized spacial score (nSPS) is 19.0. The number of benzene rings is 2. The number of nitrogens with zero attached hydrogens (tertiary/aromatic N) is 5. The molecule has 0 aliphatic carbocycles. The van der Waals surface area contributed by atoms with Crippen molar-refractivity contribution in [1.29, 1.82) is 5.26 Å². The molecule has 3 aromatic rings. The number of carboxylic acid groups (broad SMARTS) is 1. The number of ether oxygens (including phenoxy) is 5. The summed E-state index contributed by atoms with van der Waals surface area (Å²) in [4.78, 5) is 54.8. The minimum atomic E-state index is -1.93. The van der Waals surface area contributed by atoms with Gasteiger partial charge in [0, 0.05) is 42.0 Å². The monoisotopic (exact) mass is 827 g/mol. The summed E-state index contributed by atoms with van der Waals surface area (Å²) in [6, 6.07) is 8.79. The van der Waals surface area contributed by atoms with Crippen molar-refractivity contribution >= 4 is 41.8 Å². The third kappa shape index (κ3) is 11.9. The standard InChI is InChI=1S/C39H40F3N5O10S/c1-25(58-30-19-53-36(54-20-30)5-3-2-4-27-7-6-26(18-43)16-32(27)41)39(21-47-23-44-22-45-47,31-9-8-29(40)17-33(31)42)57-38(52)56-24-55-35(49)11-10-34(48)46-14-12-28(13-15-46)37(50)51/h2-9,16-17,22-23,25,28,30,36H,10-15,19-21,24H2,1H3,(H,50,51)/b4-2+,5-3+/t25-,30?,36?,39-/m1/s1. The highest BCUT2D eigenvalue weighted by Gasteiger charge is 2.47. The Labute approximate surface area is 335 Å². The Morgan fingerprint density at radius 3 is 2.47 bits per heavy atom. The lowest BCUT2D eigenvalue weighted by Gasteiger charge is -2.40. The molecule has 1 aromatic heterocycles. The van der Waals surface area contributed by atoms with Crippen molar-refractivity contribution in [2.45, 2.75) is 61.5 Å². The summed E-state index contributed by atoms with van der Waals surface area (Å²) < 4.78 is 73.0. The molecule has 1 N–H and O–H groups in total. The second kappa shape index (κ2) is 20.6. The van der Waals surface area contributed by atoms with E-state index in [4.69, 9.17) is 34.1 Å². The van der Waals surface area contributed by atoms with Gasteiger partial charge in [-0.2, -0.15) is 10.4 Å². The zero-order valence-corrected chi connectivity index (χ0v) is 32.0. The Balaban J connectivity index is 1.20. The maximum absolute atomic E-state index is 15.7.